The number of benzene rings is 1. The highest BCUT2D eigenvalue weighted by Gasteiger charge is 2.30. The monoisotopic (exact) mass is 724 g/mol. The standard InChI is InChI=1S/C32H48N6O3.C10H12N2/c1-8-11-21(12-9-2)24(33)18-25(34)29-20(4)14-17-26(30(29)41-7)37-27(23(13-10-3)32(40)36-6)19-28(35-5)38-31(39)22-15-16-22;1-8(2)5-10-7-12-4-3-9(10)6-11/h13-14,17-19,21-22,34,37H,8-12,15-16,33H2,1-7H3,(H,36,40)(H,35,38,39);3-4,7-8H,5H2,1-2H3/b23-13-,24-18-,27-19+,34-25?;. The first-order valence-corrected chi connectivity index (χ1v) is 18.6. The Labute approximate surface area is 316 Å². The number of aromatic nitrogens is 1. The molecule has 0 aliphatic heterocycles. The van der Waals surface area contributed by atoms with Crippen LogP contribution in [0.4, 0.5) is 5.69 Å². The number of nitriles is 1. The van der Waals surface area contributed by atoms with Crippen molar-refractivity contribution in [2.45, 2.75) is 92.9 Å². The van der Waals surface area contributed by atoms with E-state index in [1.807, 2.05) is 32.1 Å². The van der Waals surface area contributed by atoms with Crippen LogP contribution in [0.5, 0.6) is 5.75 Å². The summed E-state index contributed by atoms with van der Waals surface area (Å²) >= 11 is 0. The molecule has 2 amide bonds. The van der Waals surface area contributed by atoms with Gasteiger partial charge in [0.05, 0.1) is 41.4 Å². The third-order valence-corrected chi connectivity index (χ3v) is 8.71. The lowest BCUT2D eigenvalue weighted by atomic mass is 9.92. The topological polar surface area (TPSA) is 178 Å². The molecule has 1 aliphatic carbocycles. The number of hydrogen-bond donors (Lipinski definition) is 5. The molecule has 1 heterocycles. The molecular formula is C42H60N8O3. The number of nitrogens with two attached hydrogens (primary N) is 1. The Kier molecular flexibility index (Phi) is 18.8. The number of methoxy groups -OCH3 is 1. The van der Waals surface area contributed by atoms with Crippen LogP contribution in [0.25, 0.3) is 0 Å². The van der Waals surface area contributed by atoms with E-state index in [0.29, 0.717) is 52.1 Å². The number of pyridine rings is 1. The first-order chi connectivity index (χ1) is 25.4. The average molecular weight is 725 g/mol. The molecule has 0 saturated heterocycles. The fourth-order valence-corrected chi connectivity index (χ4v) is 5.85. The van der Waals surface area contributed by atoms with Gasteiger partial charge in [-0.3, -0.25) is 19.6 Å². The number of hydrogen-bond acceptors (Lipinski definition) is 9. The highest BCUT2D eigenvalue weighted by Crippen LogP contribution is 2.35. The molecule has 1 aromatic carbocycles. The number of ether oxygens (including phenoxy) is 1. The number of allylic oxidation sites excluding steroid dienone is 3. The van der Waals surface area contributed by atoms with Crippen LogP contribution < -0.4 is 26.4 Å². The van der Waals surface area contributed by atoms with E-state index in [4.69, 9.17) is 21.1 Å². The minimum absolute atomic E-state index is 0.00154. The van der Waals surface area contributed by atoms with Crippen LogP contribution in [0.15, 0.2) is 70.8 Å². The maximum absolute atomic E-state index is 12.9. The van der Waals surface area contributed by atoms with Crippen molar-refractivity contribution in [3.8, 4) is 11.8 Å². The summed E-state index contributed by atoms with van der Waals surface area (Å²) in [6, 6.07) is 7.67. The summed E-state index contributed by atoms with van der Waals surface area (Å²) in [4.78, 5) is 33.7. The van der Waals surface area contributed by atoms with Gasteiger partial charge in [-0.15, -0.1) is 0 Å². The maximum atomic E-state index is 12.9. The molecule has 0 bridgehead atoms. The highest BCUT2D eigenvalue weighted by atomic mass is 16.5. The quantitative estimate of drug-likeness (QED) is 0.0485. The predicted octanol–water partition coefficient (Wildman–Crippen LogP) is 7.51. The van der Waals surface area contributed by atoms with Crippen molar-refractivity contribution in [2.75, 3.05) is 26.5 Å². The van der Waals surface area contributed by atoms with E-state index >= 15 is 0 Å². The molecule has 11 nitrogen and oxygen atoms in total. The fraction of sp³-hybridized carbons (Fsp3) is 0.476. The molecule has 1 fully saturated rings. The summed E-state index contributed by atoms with van der Waals surface area (Å²) in [6.45, 7) is 12.4. The van der Waals surface area contributed by atoms with Crippen molar-refractivity contribution < 1.29 is 14.3 Å². The predicted molar refractivity (Wildman–Crippen MR) is 216 cm³/mol. The van der Waals surface area contributed by atoms with Crippen molar-refractivity contribution in [1.29, 1.82) is 10.7 Å². The van der Waals surface area contributed by atoms with Gasteiger partial charge in [0, 0.05) is 49.7 Å². The molecule has 0 radical (unpaired) electrons. The first-order valence-electron chi connectivity index (χ1n) is 18.6. The number of anilines is 1. The largest absolute Gasteiger partial charge is 0.494 e. The van der Waals surface area contributed by atoms with Crippen LogP contribution in [0.1, 0.15) is 102 Å². The Morgan fingerprint density at radius 1 is 1.15 bits per heavy atom. The zero-order valence-electron chi connectivity index (χ0n) is 33.2. The van der Waals surface area contributed by atoms with Gasteiger partial charge < -0.3 is 31.8 Å². The summed E-state index contributed by atoms with van der Waals surface area (Å²) in [6.07, 6.45) is 15.9. The van der Waals surface area contributed by atoms with E-state index in [9.17, 15) is 9.59 Å². The number of aryl methyl sites for hydroxylation is 1. The third kappa shape index (κ3) is 13.7. The number of likely N-dealkylation sites (N-methyl/N-ethyl adjacent to an activating group) is 1. The molecule has 3 rings (SSSR count). The number of nitrogens with one attached hydrogen (secondary N) is 4. The lowest BCUT2D eigenvalue weighted by Gasteiger charge is -2.21. The van der Waals surface area contributed by atoms with Gasteiger partial charge in [0.15, 0.2) is 5.75 Å². The second kappa shape index (κ2) is 22.6. The number of aliphatic imine (C=N–C) groups is 1. The summed E-state index contributed by atoms with van der Waals surface area (Å²) in [5, 5.41) is 26.6. The molecule has 1 aromatic heterocycles. The molecule has 11 heteroatoms. The Balaban J connectivity index is 0.000000683. The van der Waals surface area contributed by atoms with Gasteiger partial charge in [0.25, 0.3) is 5.91 Å². The summed E-state index contributed by atoms with van der Waals surface area (Å²) in [5.41, 5.74) is 12.1. The van der Waals surface area contributed by atoms with Crippen LogP contribution in [-0.4, -0.2) is 49.6 Å². The van der Waals surface area contributed by atoms with Gasteiger partial charge in [-0.2, -0.15) is 5.26 Å². The van der Waals surface area contributed by atoms with E-state index in [-0.39, 0.29) is 29.4 Å². The van der Waals surface area contributed by atoms with Crippen LogP contribution in [0.2, 0.25) is 0 Å². The molecule has 6 N–H and O–H groups in total. The van der Waals surface area contributed by atoms with Crippen molar-refractivity contribution in [3.05, 3.63) is 88.0 Å². The molecule has 1 aliphatic rings. The second-order valence-corrected chi connectivity index (χ2v) is 13.6. The van der Waals surface area contributed by atoms with Gasteiger partial charge in [0.1, 0.15) is 5.84 Å². The molecule has 1 saturated carbocycles. The van der Waals surface area contributed by atoms with Crippen LogP contribution in [0, 0.1) is 41.4 Å². The Bertz CT molecular complexity index is 1720. The van der Waals surface area contributed by atoms with E-state index < -0.39 is 0 Å². The maximum Gasteiger partial charge on any atom is 0.252 e. The summed E-state index contributed by atoms with van der Waals surface area (Å²) < 4.78 is 5.86. The SMILES string of the molecule is CC(C)Cc1cnccc1C#N.CC/C=C(C(=O)NC)/C(=C\C(=NC)NC(=O)C1CC1)Nc1ccc(C)c(C(=N)/C=C(\N)C(CCC)CCC)c1OC. The van der Waals surface area contributed by atoms with E-state index in [0.717, 1.165) is 61.6 Å². The fourth-order valence-electron chi connectivity index (χ4n) is 5.85. The normalized spacial score (nSPS) is 13.5. The Morgan fingerprint density at radius 3 is 2.36 bits per heavy atom. The molecule has 0 unspecified atom stereocenters. The van der Waals surface area contributed by atoms with Gasteiger partial charge >= 0.3 is 0 Å². The number of amidine groups is 1. The third-order valence-electron chi connectivity index (χ3n) is 8.71. The second-order valence-electron chi connectivity index (χ2n) is 13.6. The summed E-state index contributed by atoms with van der Waals surface area (Å²) in [7, 11) is 4.72. The van der Waals surface area contributed by atoms with Gasteiger partial charge in [-0.1, -0.05) is 59.6 Å². The van der Waals surface area contributed by atoms with E-state index in [1.54, 1.807) is 51.8 Å². The van der Waals surface area contributed by atoms with E-state index in [2.05, 4.69) is 59.7 Å². The molecule has 286 valence electrons. The zero-order chi connectivity index (χ0) is 39.5. The van der Waals surface area contributed by atoms with Gasteiger partial charge in [0.2, 0.25) is 5.91 Å². The zero-order valence-corrected chi connectivity index (χ0v) is 33.2. The van der Waals surface area contributed by atoms with Crippen molar-refractivity contribution >= 4 is 29.0 Å². The van der Waals surface area contributed by atoms with Crippen LogP contribution in [0.3, 0.4) is 0 Å². The van der Waals surface area contributed by atoms with Crippen molar-refractivity contribution in [2.24, 2.45) is 28.5 Å². The smallest absolute Gasteiger partial charge is 0.252 e. The minimum atomic E-state index is -0.290. The van der Waals surface area contributed by atoms with E-state index in [1.165, 1.54) is 0 Å². The van der Waals surface area contributed by atoms with Gasteiger partial charge in [-0.25, -0.2) is 0 Å². The summed E-state index contributed by atoms with van der Waals surface area (Å²) in [5.74, 6) is 1.21. The van der Waals surface area contributed by atoms with Gasteiger partial charge in [-0.05, 0) is 86.6 Å². The lowest BCUT2D eigenvalue weighted by molar-refractivity contribution is -0.120. The minimum Gasteiger partial charge on any atom is -0.494 e. The molecule has 0 spiro atoms. The molecule has 53 heavy (non-hydrogen) atoms. The highest BCUT2D eigenvalue weighted by molar-refractivity contribution is 6.11. The number of rotatable bonds is 17. The van der Waals surface area contributed by atoms with Crippen molar-refractivity contribution in [3.63, 3.8) is 0 Å². The average Bonchev–Trinajstić information content (AvgIpc) is 3.99. The number of amides is 2. The Hall–Kier alpha value is -5.24. The Morgan fingerprint density at radius 2 is 1.83 bits per heavy atom. The lowest BCUT2D eigenvalue weighted by Crippen LogP contribution is -2.32. The molecule has 2 aromatic rings. The number of carbonyl (C=O) groups is 2. The molecule has 0 atom stereocenters. The van der Waals surface area contributed by atoms with Crippen molar-refractivity contribution in [1.82, 2.24) is 15.6 Å². The van der Waals surface area contributed by atoms with Crippen LogP contribution >= 0.6 is 0 Å². The van der Waals surface area contributed by atoms with Crippen LogP contribution in [-0.2, 0) is 16.0 Å². The number of nitrogens with zero attached hydrogens (tertiary/aromatic N) is 3. The molecular weight excluding hydrogens is 665 g/mol. The first kappa shape index (κ1) is 43.9. The number of carbonyl (C=O) groups excluding carboxylic acids is 2.